The molecule has 0 amide bonds. The molecular formula is C16H13NO3S. The Morgan fingerprint density at radius 3 is 2.81 bits per heavy atom. The fourth-order valence-electron chi connectivity index (χ4n) is 1.88. The van der Waals surface area contributed by atoms with E-state index in [0.29, 0.717) is 17.9 Å². The third-order valence-corrected chi connectivity index (χ3v) is 3.77. The monoisotopic (exact) mass is 299 g/mol. The molecule has 0 spiro atoms. The van der Waals surface area contributed by atoms with Crippen molar-refractivity contribution in [2.75, 3.05) is 0 Å². The molecule has 0 aliphatic carbocycles. The van der Waals surface area contributed by atoms with E-state index in [4.69, 9.17) is 9.26 Å². The number of esters is 1. The maximum atomic E-state index is 11.7. The van der Waals surface area contributed by atoms with E-state index < -0.39 is 0 Å². The Kier molecular flexibility index (Phi) is 4.12. The first-order chi connectivity index (χ1) is 10.3. The van der Waals surface area contributed by atoms with Crippen LogP contribution in [0.2, 0.25) is 0 Å². The van der Waals surface area contributed by atoms with Crippen LogP contribution in [0.1, 0.15) is 10.6 Å². The van der Waals surface area contributed by atoms with Gasteiger partial charge in [0, 0.05) is 16.5 Å². The Labute approximate surface area is 126 Å². The third-order valence-electron chi connectivity index (χ3n) is 2.90. The zero-order valence-corrected chi connectivity index (χ0v) is 12.0. The molecule has 0 atom stereocenters. The Morgan fingerprint density at radius 1 is 1.19 bits per heavy atom. The Balaban J connectivity index is 1.56. The van der Waals surface area contributed by atoms with Crippen molar-refractivity contribution >= 4 is 17.3 Å². The molecule has 3 rings (SSSR count). The first-order valence-corrected chi connectivity index (χ1v) is 7.38. The first-order valence-electron chi connectivity index (χ1n) is 6.50. The molecule has 2 aromatic heterocycles. The van der Waals surface area contributed by atoms with E-state index in [1.165, 1.54) is 11.3 Å². The van der Waals surface area contributed by atoms with Crippen LogP contribution in [0.3, 0.4) is 0 Å². The summed E-state index contributed by atoms with van der Waals surface area (Å²) in [7, 11) is 0. The number of hydrogen-bond donors (Lipinski definition) is 0. The van der Waals surface area contributed by atoms with Crippen molar-refractivity contribution < 1.29 is 14.1 Å². The Hall–Kier alpha value is -2.40. The summed E-state index contributed by atoms with van der Waals surface area (Å²) in [6.07, 6.45) is 0.293. The number of carbonyl (C=O) groups is 1. The summed E-state index contributed by atoms with van der Waals surface area (Å²) in [5.74, 6) is 0.404. The minimum atomic E-state index is -0.262. The predicted molar refractivity (Wildman–Crippen MR) is 79.8 cm³/mol. The minimum absolute atomic E-state index is 0.126. The second-order valence-corrected chi connectivity index (χ2v) is 5.50. The summed E-state index contributed by atoms with van der Waals surface area (Å²) in [6.45, 7) is 0.126. The summed E-state index contributed by atoms with van der Waals surface area (Å²) in [4.78, 5) is 12.7. The van der Waals surface area contributed by atoms with Gasteiger partial charge in [-0.3, -0.25) is 4.79 Å². The second-order valence-electron chi connectivity index (χ2n) is 4.47. The molecule has 0 bridgehead atoms. The third kappa shape index (κ3) is 3.58. The van der Waals surface area contributed by atoms with Crippen molar-refractivity contribution in [3.05, 3.63) is 64.5 Å². The molecule has 0 saturated heterocycles. The molecule has 21 heavy (non-hydrogen) atoms. The van der Waals surface area contributed by atoms with Crippen LogP contribution < -0.4 is 0 Å². The maximum absolute atomic E-state index is 11.7. The molecule has 5 heteroatoms. The number of ether oxygens (including phenoxy) is 1. The number of rotatable bonds is 5. The van der Waals surface area contributed by atoms with E-state index in [0.717, 1.165) is 10.4 Å². The summed E-state index contributed by atoms with van der Waals surface area (Å²) in [5.41, 5.74) is 1.55. The van der Waals surface area contributed by atoms with E-state index in [1.807, 2.05) is 47.8 Å². The largest absolute Gasteiger partial charge is 0.459 e. The highest BCUT2D eigenvalue weighted by Gasteiger charge is 2.10. The summed E-state index contributed by atoms with van der Waals surface area (Å²) in [6, 6.07) is 15.3. The predicted octanol–water partition coefficient (Wildman–Crippen LogP) is 3.69. The van der Waals surface area contributed by atoms with Crippen LogP contribution >= 0.6 is 11.3 Å². The van der Waals surface area contributed by atoms with E-state index in [9.17, 15) is 4.79 Å². The smallest absolute Gasteiger partial charge is 0.311 e. The highest BCUT2D eigenvalue weighted by Crippen LogP contribution is 2.20. The average Bonchev–Trinajstić information content (AvgIpc) is 3.17. The fraction of sp³-hybridized carbons (Fsp3) is 0.125. The number of hydrogen-bond acceptors (Lipinski definition) is 5. The fourth-order valence-corrected chi connectivity index (χ4v) is 2.57. The number of aromatic nitrogens is 1. The normalized spacial score (nSPS) is 10.5. The van der Waals surface area contributed by atoms with Crippen molar-refractivity contribution in [3.63, 3.8) is 0 Å². The van der Waals surface area contributed by atoms with E-state index in [1.54, 1.807) is 6.07 Å². The lowest BCUT2D eigenvalue weighted by molar-refractivity contribution is -0.144. The van der Waals surface area contributed by atoms with Gasteiger partial charge in [-0.25, -0.2) is 0 Å². The Morgan fingerprint density at radius 2 is 2.05 bits per heavy atom. The van der Waals surface area contributed by atoms with Crippen LogP contribution in [0.4, 0.5) is 0 Å². The van der Waals surface area contributed by atoms with Crippen molar-refractivity contribution in [2.45, 2.75) is 13.0 Å². The maximum Gasteiger partial charge on any atom is 0.311 e. The van der Waals surface area contributed by atoms with Gasteiger partial charge in [-0.2, -0.15) is 0 Å². The molecule has 1 aromatic carbocycles. The van der Waals surface area contributed by atoms with Crippen LogP contribution in [-0.4, -0.2) is 11.1 Å². The van der Waals surface area contributed by atoms with Crippen molar-refractivity contribution in [1.29, 1.82) is 0 Å². The molecule has 4 nitrogen and oxygen atoms in total. The van der Waals surface area contributed by atoms with Crippen molar-refractivity contribution in [2.24, 2.45) is 0 Å². The summed E-state index contributed by atoms with van der Waals surface area (Å²) < 4.78 is 10.4. The molecule has 0 radical (unpaired) electrons. The average molecular weight is 299 g/mol. The molecule has 3 aromatic rings. The molecule has 0 unspecified atom stereocenters. The molecular weight excluding hydrogens is 286 g/mol. The van der Waals surface area contributed by atoms with Gasteiger partial charge in [0.25, 0.3) is 0 Å². The SMILES string of the molecule is O=C(Cc1cccs1)OCc1cc(-c2ccccc2)on1. The Bertz CT molecular complexity index is 704. The highest BCUT2D eigenvalue weighted by atomic mass is 32.1. The molecule has 106 valence electrons. The summed E-state index contributed by atoms with van der Waals surface area (Å²) in [5, 5.41) is 5.85. The number of thiophene rings is 1. The van der Waals surface area contributed by atoms with Gasteiger partial charge < -0.3 is 9.26 Å². The first kappa shape index (κ1) is 13.6. The standard InChI is InChI=1S/C16H13NO3S/c18-16(10-14-7-4-8-21-14)19-11-13-9-15(20-17-13)12-5-2-1-3-6-12/h1-9H,10-11H2. The van der Waals surface area contributed by atoms with Crippen LogP contribution in [0.5, 0.6) is 0 Å². The lowest BCUT2D eigenvalue weighted by Crippen LogP contribution is -2.07. The van der Waals surface area contributed by atoms with Gasteiger partial charge >= 0.3 is 5.97 Å². The molecule has 0 aliphatic rings. The lowest BCUT2D eigenvalue weighted by atomic mass is 10.2. The van der Waals surface area contributed by atoms with Gasteiger partial charge in [0.05, 0.1) is 6.42 Å². The van der Waals surface area contributed by atoms with E-state index in [-0.39, 0.29) is 12.6 Å². The van der Waals surface area contributed by atoms with Crippen molar-refractivity contribution in [3.8, 4) is 11.3 Å². The quantitative estimate of drug-likeness (QED) is 0.674. The van der Waals surface area contributed by atoms with Gasteiger partial charge in [0.1, 0.15) is 12.3 Å². The van der Waals surface area contributed by atoms with Gasteiger partial charge in [-0.15, -0.1) is 11.3 Å². The van der Waals surface area contributed by atoms with Gasteiger partial charge in [-0.05, 0) is 11.4 Å². The van der Waals surface area contributed by atoms with Gasteiger partial charge in [0.2, 0.25) is 0 Å². The van der Waals surface area contributed by atoms with Crippen LogP contribution in [-0.2, 0) is 22.6 Å². The highest BCUT2D eigenvalue weighted by molar-refractivity contribution is 7.10. The van der Waals surface area contributed by atoms with Gasteiger partial charge in [-0.1, -0.05) is 41.6 Å². The molecule has 0 saturated carbocycles. The molecule has 0 aliphatic heterocycles. The number of benzene rings is 1. The zero-order chi connectivity index (χ0) is 14.5. The van der Waals surface area contributed by atoms with Crippen molar-refractivity contribution in [1.82, 2.24) is 5.16 Å². The lowest BCUT2D eigenvalue weighted by Gasteiger charge is -2.00. The van der Waals surface area contributed by atoms with E-state index in [2.05, 4.69) is 5.16 Å². The van der Waals surface area contributed by atoms with Crippen LogP contribution in [0.15, 0.2) is 58.4 Å². The summed E-state index contributed by atoms with van der Waals surface area (Å²) >= 11 is 1.54. The number of carbonyl (C=O) groups excluding carboxylic acids is 1. The molecule has 0 N–H and O–H groups in total. The topological polar surface area (TPSA) is 52.3 Å². The van der Waals surface area contributed by atoms with E-state index >= 15 is 0 Å². The molecule has 2 heterocycles. The second kappa shape index (κ2) is 6.37. The minimum Gasteiger partial charge on any atom is -0.459 e. The van der Waals surface area contributed by atoms with Crippen LogP contribution in [0, 0.1) is 0 Å². The zero-order valence-electron chi connectivity index (χ0n) is 11.2. The van der Waals surface area contributed by atoms with Gasteiger partial charge in [0.15, 0.2) is 5.76 Å². The number of nitrogens with zero attached hydrogens (tertiary/aromatic N) is 1. The van der Waals surface area contributed by atoms with Crippen LogP contribution in [0.25, 0.3) is 11.3 Å². The molecule has 0 fully saturated rings.